The molecule has 0 saturated heterocycles. The summed E-state index contributed by atoms with van der Waals surface area (Å²) in [6.45, 7) is 1.97. The van der Waals surface area contributed by atoms with Gasteiger partial charge in [-0.1, -0.05) is 30.3 Å². The molecule has 1 saturated carbocycles. The molecule has 0 unspecified atom stereocenters. The molecule has 0 heterocycles. The van der Waals surface area contributed by atoms with Crippen molar-refractivity contribution in [3.8, 4) is 0 Å². The quantitative estimate of drug-likeness (QED) is 0.552. The number of methoxy groups -OCH3 is 1. The van der Waals surface area contributed by atoms with Crippen molar-refractivity contribution >= 4 is 12.0 Å². The zero-order valence-electron chi connectivity index (χ0n) is 14.6. The highest BCUT2D eigenvalue weighted by molar-refractivity contribution is 5.76. The van der Waals surface area contributed by atoms with E-state index in [1.165, 1.54) is 0 Å². The normalized spacial score (nSPS) is 18.9. The van der Waals surface area contributed by atoms with E-state index >= 15 is 0 Å². The lowest BCUT2D eigenvalue weighted by molar-refractivity contribution is -0.121. The lowest BCUT2D eigenvalue weighted by atomic mass is 9.87. The van der Waals surface area contributed by atoms with Crippen LogP contribution in [0.1, 0.15) is 24.8 Å². The number of alkyl carbamates (subject to hydrolysis) is 1. The summed E-state index contributed by atoms with van der Waals surface area (Å²) in [6.07, 6.45) is 1.76. The summed E-state index contributed by atoms with van der Waals surface area (Å²) in [6, 6.07) is 10.1. The van der Waals surface area contributed by atoms with E-state index in [-0.39, 0.29) is 24.6 Å². The van der Waals surface area contributed by atoms with Crippen LogP contribution in [0.15, 0.2) is 30.3 Å². The maximum Gasteiger partial charge on any atom is 0.407 e. The lowest BCUT2D eigenvalue weighted by Gasteiger charge is -2.36. The van der Waals surface area contributed by atoms with Crippen LogP contribution >= 0.6 is 0 Å². The molecule has 138 valence electrons. The summed E-state index contributed by atoms with van der Waals surface area (Å²) >= 11 is 0. The summed E-state index contributed by atoms with van der Waals surface area (Å²) in [7, 11) is 1.60. The lowest BCUT2D eigenvalue weighted by Crippen LogP contribution is -2.52. The Kier molecular flexibility index (Phi) is 8.21. The van der Waals surface area contributed by atoms with Crippen LogP contribution in [-0.4, -0.2) is 50.9 Å². The Morgan fingerprint density at radius 1 is 1.12 bits per heavy atom. The molecule has 0 radical (unpaired) electrons. The molecule has 1 aliphatic carbocycles. The summed E-state index contributed by atoms with van der Waals surface area (Å²) in [5, 5.41) is 8.95. The molecule has 0 bridgehead atoms. The highest BCUT2D eigenvalue weighted by Gasteiger charge is 2.30. The van der Waals surface area contributed by atoms with Crippen molar-refractivity contribution in [1.82, 2.24) is 16.0 Å². The second kappa shape index (κ2) is 10.7. The van der Waals surface area contributed by atoms with Crippen molar-refractivity contribution in [3.05, 3.63) is 35.9 Å². The summed E-state index contributed by atoms with van der Waals surface area (Å²) in [4.78, 5) is 23.3. The third kappa shape index (κ3) is 7.53. The van der Waals surface area contributed by atoms with Gasteiger partial charge in [0.25, 0.3) is 0 Å². The molecule has 2 rings (SSSR count). The predicted molar refractivity (Wildman–Crippen MR) is 94.1 cm³/mol. The van der Waals surface area contributed by atoms with Gasteiger partial charge in [0.2, 0.25) is 5.91 Å². The van der Waals surface area contributed by atoms with Gasteiger partial charge in [0.05, 0.1) is 6.61 Å². The van der Waals surface area contributed by atoms with Crippen LogP contribution in [0.3, 0.4) is 0 Å². The fraction of sp³-hybridized carbons (Fsp3) is 0.556. The van der Waals surface area contributed by atoms with Crippen LogP contribution in [0.2, 0.25) is 0 Å². The Balaban J connectivity index is 1.48. The number of hydrogen-bond donors (Lipinski definition) is 3. The predicted octanol–water partition coefficient (Wildman–Crippen LogP) is 1.19. The van der Waals surface area contributed by atoms with Crippen molar-refractivity contribution in [2.75, 3.05) is 26.8 Å². The maximum absolute atomic E-state index is 11.7. The maximum atomic E-state index is 11.7. The van der Waals surface area contributed by atoms with Gasteiger partial charge in [-0.25, -0.2) is 4.79 Å². The average molecular weight is 349 g/mol. The van der Waals surface area contributed by atoms with Crippen LogP contribution in [0.5, 0.6) is 0 Å². The van der Waals surface area contributed by atoms with E-state index in [9.17, 15) is 9.59 Å². The standard InChI is InChI=1S/C18H27N3O4/c1-24-10-9-20-17(22)7-8-19-15-11-16(12-15)21-18(23)25-13-14-5-3-2-4-6-14/h2-6,15-16,19H,7-13H2,1H3,(H,20,22)(H,21,23). The monoisotopic (exact) mass is 349 g/mol. The fourth-order valence-corrected chi connectivity index (χ4v) is 2.60. The Labute approximate surface area is 148 Å². The van der Waals surface area contributed by atoms with Crippen LogP contribution in [0.25, 0.3) is 0 Å². The Hall–Kier alpha value is -2.12. The molecular weight excluding hydrogens is 322 g/mol. The first-order valence-corrected chi connectivity index (χ1v) is 8.63. The summed E-state index contributed by atoms with van der Waals surface area (Å²) in [5.74, 6) is 0.0167. The zero-order chi connectivity index (χ0) is 17.9. The minimum atomic E-state index is -0.384. The minimum absolute atomic E-state index is 0.0167. The van der Waals surface area contributed by atoms with E-state index in [2.05, 4.69) is 16.0 Å². The molecule has 0 spiro atoms. The minimum Gasteiger partial charge on any atom is -0.445 e. The highest BCUT2D eigenvalue weighted by atomic mass is 16.5. The van der Waals surface area contributed by atoms with Crippen molar-refractivity contribution in [1.29, 1.82) is 0 Å². The van der Waals surface area contributed by atoms with E-state index in [4.69, 9.17) is 9.47 Å². The van der Waals surface area contributed by atoms with E-state index in [1.54, 1.807) is 7.11 Å². The van der Waals surface area contributed by atoms with Crippen LogP contribution in [0.4, 0.5) is 4.79 Å². The number of rotatable bonds is 10. The molecule has 0 aliphatic heterocycles. The van der Waals surface area contributed by atoms with E-state index in [0.717, 1.165) is 18.4 Å². The van der Waals surface area contributed by atoms with Crippen molar-refractivity contribution in [2.45, 2.75) is 38.0 Å². The number of nitrogens with one attached hydrogen (secondary N) is 3. The van der Waals surface area contributed by atoms with E-state index in [1.807, 2.05) is 30.3 Å². The first-order chi connectivity index (χ1) is 12.2. The third-order valence-electron chi connectivity index (χ3n) is 4.09. The van der Waals surface area contributed by atoms with Crippen molar-refractivity contribution in [3.63, 3.8) is 0 Å². The first kappa shape index (κ1) is 19.2. The number of ether oxygens (including phenoxy) is 2. The molecule has 7 heteroatoms. The largest absolute Gasteiger partial charge is 0.445 e. The Morgan fingerprint density at radius 2 is 1.88 bits per heavy atom. The molecular formula is C18H27N3O4. The summed E-state index contributed by atoms with van der Waals surface area (Å²) in [5.41, 5.74) is 0.967. The Bertz CT molecular complexity index is 532. The van der Waals surface area contributed by atoms with E-state index < -0.39 is 0 Å². The number of carbonyl (C=O) groups is 2. The molecule has 1 aromatic carbocycles. The number of carbonyl (C=O) groups excluding carboxylic acids is 2. The SMILES string of the molecule is COCCNC(=O)CCNC1CC(NC(=O)OCc2ccccc2)C1. The van der Waals surface area contributed by atoms with Gasteiger partial charge in [0.15, 0.2) is 0 Å². The van der Waals surface area contributed by atoms with Gasteiger partial charge in [-0.15, -0.1) is 0 Å². The Morgan fingerprint density at radius 3 is 2.60 bits per heavy atom. The number of benzene rings is 1. The molecule has 1 fully saturated rings. The van der Waals surface area contributed by atoms with Gasteiger partial charge < -0.3 is 25.4 Å². The van der Waals surface area contributed by atoms with Crippen LogP contribution < -0.4 is 16.0 Å². The van der Waals surface area contributed by atoms with Gasteiger partial charge in [0, 0.05) is 38.7 Å². The van der Waals surface area contributed by atoms with Gasteiger partial charge in [-0.3, -0.25) is 4.79 Å². The molecule has 0 aromatic heterocycles. The van der Waals surface area contributed by atoms with Crippen LogP contribution in [-0.2, 0) is 20.9 Å². The third-order valence-corrected chi connectivity index (χ3v) is 4.09. The topological polar surface area (TPSA) is 88.7 Å². The smallest absolute Gasteiger partial charge is 0.407 e. The molecule has 0 atom stereocenters. The molecule has 2 amide bonds. The van der Waals surface area contributed by atoms with Gasteiger partial charge in [0.1, 0.15) is 6.61 Å². The van der Waals surface area contributed by atoms with Gasteiger partial charge >= 0.3 is 6.09 Å². The van der Waals surface area contributed by atoms with Crippen molar-refractivity contribution < 1.29 is 19.1 Å². The molecule has 1 aromatic rings. The van der Waals surface area contributed by atoms with Gasteiger partial charge in [-0.05, 0) is 18.4 Å². The second-order valence-electron chi connectivity index (χ2n) is 6.12. The second-order valence-corrected chi connectivity index (χ2v) is 6.12. The molecule has 7 nitrogen and oxygen atoms in total. The van der Waals surface area contributed by atoms with Gasteiger partial charge in [-0.2, -0.15) is 0 Å². The average Bonchev–Trinajstić information content (AvgIpc) is 2.59. The number of amides is 2. The molecule has 1 aliphatic rings. The molecule has 3 N–H and O–H groups in total. The fourth-order valence-electron chi connectivity index (χ4n) is 2.60. The molecule has 25 heavy (non-hydrogen) atoms. The van der Waals surface area contributed by atoms with Crippen LogP contribution in [0, 0.1) is 0 Å². The first-order valence-electron chi connectivity index (χ1n) is 8.63. The van der Waals surface area contributed by atoms with Crippen molar-refractivity contribution in [2.24, 2.45) is 0 Å². The van der Waals surface area contributed by atoms with E-state index in [0.29, 0.717) is 32.2 Å². The highest BCUT2D eigenvalue weighted by Crippen LogP contribution is 2.20. The summed E-state index contributed by atoms with van der Waals surface area (Å²) < 4.78 is 10.1. The number of hydrogen-bond acceptors (Lipinski definition) is 5. The zero-order valence-corrected chi connectivity index (χ0v) is 14.6.